The zero-order valence-electron chi connectivity index (χ0n) is 16.5. The first-order chi connectivity index (χ1) is 13.8. The first-order valence-corrected chi connectivity index (χ1v) is 9.27. The monoisotopic (exact) mass is 393 g/mol. The van der Waals surface area contributed by atoms with Gasteiger partial charge >= 0.3 is 0 Å². The molecular formula is C21H23N5O3. The van der Waals surface area contributed by atoms with Crippen LogP contribution in [-0.2, 0) is 14.4 Å². The molecule has 0 saturated carbocycles. The summed E-state index contributed by atoms with van der Waals surface area (Å²) in [7, 11) is 0. The fourth-order valence-corrected chi connectivity index (χ4v) is 2.94. The summed E-state index contributed by atoms with van der Waals surface area (Å²) in [6, 6.07) is 15.2. The molecule has 3 N–H and O–H groups in total. The number of para-hydroxylation sites is 1. The number of carbonyl (C=O) groups is 3. The van der Waals surface area contributed by atoms with Crippen molar-refractivity contribution in [2.75, 3.05) is 10.3 Å². The van der Waals surface area contributed by atoms with E-state index in [1.807, 2.05) is 31.2 Å². The second-order valence-electron chi connectivity index (χ2n) is 6.78. The van der Waals surface area contributed by atoms with Crippen LogP contribution < -0.4 is 21.1 Å². The Morgan fingerprint density at radius 1 is 1.14 bits per heavy atom. The molecule has 2 atom stereocenters. The summed E-state index contributed by atoms with van der Waals surface area (Å²) in [5.74, 6) is -0.781. The van der Waals surface area contributed by atoms with Crippen LogP contribution in [0.1, 0.15) is 32.4 Å². The van der Waals surface area contributed by atoms with Gasteiger partial charge in [-0.25, -0.2) is 10.0 Å². The number of aliphatic imine (C=N–C) groups is 1. The van der Waals surface area contributed by atoms with E-state index in [-0.39, 0.29) is 23.7 Å². The van der Waals surface area contributed by atoms with Crippen molar-refractivity contribution in [1.29, 1.82) is 0 Å². The number of rotatable bonds is 5. The van der Waals surface area contributed by atoms with Crippen LogP contribution in [0.4, 0.5) is 11.4 Å². The molecule has 2 aromatic carbocycles. The number of amidine groups is 1. The van der Waals surface area contributed by atoms with Gasteiger partial charge in [-0.3, -0.25) is 19.8 Å². The highest BCUT2D eigenvalue weighted by Gasteiger charge is 2.31. The minimum absolute atomic E-state index is 0.0609. The minimum atomic E-state index is -0.685. The minimum Gasteiger partial charge on any atom is -0.343 e. The van der Waals surface area contributed by atoms with Crippen molar-refractivity contribution in [3.05, 3.63) is 60.2 Å². The van der Waals surface area contributed by atoms with Gasteiger partial charge in [0.15, 0.2) is 0 Å². The average Bonchev–Trinajstić information content (AvgIpc) is 2.70. The second kappa shape index (κ2) is 8.55. The lowest BCUT2D eigenvalue weighted by Crippen LogP contribution is -2.58. The van der Waals surface area contributed by atoms with E-state index in [1.54, 1.807) is 37.3 Å². The maximum absolute atomic E-state index is 12.8. The molecule has 1 aliphatic heterocycles. The molecule has 0 unspecified atom stereocenters. The molecule has 1 heterocycles. The Labute approximate surface area is 169 Å². The Hall–Kier alpha value is -3.68. The van der Waals surface area contributed by atoms with Crippen molar-refractivity contribution in [3.8, 4) is 0 Å². The van der Waals surface area contributed by atoms with Gasteiger partial charge in [-0.05, 0) is 43.7 Å². The standard InChI is InChI=1S/C21H23N5O3/c1-13(16-8-7-9-17(12-16)24-15(3)27)23-20(28)19-22-14(2)21(29)26(25-19)18-10-5-4-6-11-18/h4-14H,1-3H3,(H,22,25)(H,23,28)(H,24,27)/t13-,14+/m1/s1. The fourth-order valence-electron chi connectivity index (χ4n) is 2.94. The van der Waals surface area contributed by atoms with Crippen molar-refractivity contribution in [3.63, 3.8) is 0 Å². The third-order valence-electron chi connectivity index (χ3n) is 4.40. The van der Waals surface area contributed by atoms with E-state index in [9.17, 15) is 14.4 Å². The van der Waals surface area contributed by atoms with Crippen LogP contribution in [0, 0.1) is 0 Å². The van der Waals surface area contributed by atoms with Gasteiger partial charge in [-0.15, -0.1) is 0 Å². The highest BCUT2D eigenvalue weighted by atomic mass is 16.2. The molecule has 2 aromatic rings. The molecule has 0 radical (unpaired) electrons. The highest BCUT2D eigenvalue weighted by molar-refractivity contribution is 6.39. The SMILES string of the molecule is CC(=O)Nc1cccc([C@@H](C)NC(=O)C2=N[C@@H](C)C(=O)N(c3ccccc3)N2)c1. The van der Waals surface area contributed by atoms with Crippen LogP contribution in [0.25, 0.3) is 0 Å². The van der Waals surface area contributed by atoms with Crippen molar-refractivity contribution >= 4 is 34.9 Å². The summed E-state index contributed by atoms with van der Waals surface area (Å²) in [5.41, 5.74) is 4.91. The van der Waals surface area contributed by atoms with Crippen LogP contribution in [0.2, 0.25) is 0 Å². The molecule has 8 nitrogen and oxygen atoms in total. The zero-order chi connectivity index (χ0) is 21.0. The maximum atomic E-state index is 12.8. The summed E-state index contributed by atoms with van der Waals surface area (Å²) in [4.78, 5) is 40.6. The lowest BCUT2D eigenvalue weighted by atomic mass is 10.1. The lowest BCUT2D eigenvalue weighted by molar-refractivity contribution is -0.120. The maximum Gasteiger partial charge on any atom is 0.288 e. The largest absolute Gasteiger partial charge is 0.343 e. The Bertz CT molecular complexity index is 958. The Balaban J connectivity index is 1.73. The number of hydrogen-bond acceptors (Lipinski definition) is 5. The van der Waals surface area contributed by atoms with Gasteiger partial charge in [0, 0.05) is 12.6 Å². The smallest absolute Gasteiger partial charge is 0.288 e. The molecule has 29 heavy (non-hydrogen) atoms. The number of anilines is 2. The summed E-state index contributed by atoms with van der Waals surface area (Å²) < 4.78 is 0. The number of carbonyl (C=O) groups excluding carboxylic acids is 3. The molecule has 3 amide bonds. The van der Waals surface area contributed by atoms with Crippen molar-refractivity contribution in [1.82, 2.24) is 10.7 Å². The molecule has 1 aliphatic rings. The zero-order valence-corrected chi connectivity index (χ0v) is 16.5. The topological polar surface area (TPSA) is 103 Å². The molecule has 0 spiro atoms. The van der Waals surface area contributed by atoms with E-state index < -0.39 is 11.9 Å². The van der Waals surface area contributed by atoms with Crippen LogP contribution in [0.15, 0.2) is 59.6 Å². The molecule has 8 heteroatoms. The van der Waals surface area contributed by atoms with Crippen molar-refractivity contribution in [2.45, 2.75) is 32.9 Å². The molecule has 0 aromatic heterocycles. The van der Waals surface area contributed by atoms with Gasteiger partial charge in [0.1, 0.15) is 6.04 Å². The molecule has 0 fully saturated rings. The van der Waals surface area contributed by atoms with Crippen molar-refractivity contribution < 1.29 is 14.4 Å². The van der Waals surface area contributed by atoms with Gasteiger partial charge in [-0.2, -0.15) is 0 Å². The molecule has 0 bridgehead atoms. The fraction of sp³-hybridized carbons (Fsp3) is 0.238. The first kappa shape index (κ1) is 20.1. The highest BCUT2D eigenvalue weighted by Crippen LogP contribution is 2.19. The summed E-state index contributed by atoms with van der Waals surface area (Å²) >= 11 is 0. The van der Waals surface area contributed by atoms with Crippen LogP contribution in [-0.4, -0.2) is 29.6 Å². The number of nitrogens with one attached hydrogen (secondary N) is 3. The molecule has 3 rings (SSSR count). The van der Waals surface area contributed by atoms with Gasteiger partial charge < -0.3 is 10.6 Å². The normalized spacial score (nSPS) is 17.1. The summed E-state index contributed by atoms with van der Waals surface area (Å²) in [6.07, 6.45) is 0. The summed E-state index contributed by atoms with van der Waals surface area (Å²) in [6.45, 7) is 4.91. The van der Waals surface area contributed by atoms with E-state index in [1.165, 1.54) is 11.9 Å². The van der Waals surface area contributed by atoms with Gasteiger partial charge in [0.2, 0.25) is 11.7 Å². The van der Waals surface area contributed by atoms with E-state index in [0.717, 1.165) is 5.56 Å². The third-order valence-corrected chi connectivity index (χ3v) is 4.40. The Kier molecular flexibility index (Phi) is 5.92. The third kappa shape index (κ3) is 4.78. The molecular weight excluding hydrogens is 370 g/mol. The number of amides is 3. The van der Waals surface area contributed by atoms with Crippen molar-refractivity contribution in [2.24, 2.45) is 4.99 Å². The predicted molar refractivity (Wildman–Crippen MR) is 111 cm³/mol. The van der Waals surface area contributed by atoms with Crippen LogP contribution >= 0.6 is 0 Å². The predicted octanol–water partition coefficient (Wildman–Crippen LogP) is 2.16. The Morgan fingerprint density at radius 3 is 2.55 bits per heavy atom. The second-order valence-corrected chi connectivity index (χ2v) is 6.78. The molecule has 150 valence electrons. The van der Waals surface area contributed by atoms with E-state index >= 15 is 0 Å². The van der Waals surface area contributed by atoms with Gasteiger partial charge in [0.05, 0.1) is 11.7 Å². The number of benzene rings is 2. The van der Waals surface area contributed by atoms with E-state index in [2.05, 4.69) is 21.1 Å². The van der Waals surface area contributed by atoms with Crippen LogP contribution in [0.5, 0.6) is 0 Å². The number of nitrogens with zero attached hydrogens (tertiary/aromatic N) is 2. The van der Waals surface area contributed by atoms with Crippen LogP contribution in [0.3, 0.4) is 0 Å². The molecule has 0 aliphatic carbocycles. The van der Waals surface area contributed by atoms with E-state index in [4.69, 9.17) is 0 Å². The Morgan fingerprint density at radius 2 is 1.86 bits per heavy atom. The van der Waals surface area contributed by atoms with Gasteiger partial charge in [0.25, 0.3) is 11.8 Å². The molecule has 0 saturated heterocycles. The summed E-state index contributed by atoms with van der Waals surface area (Å²) in [5, 5.41) is 6.92. The quantitative estimate of drug-likeness (QED) is 0.724. The van der Waals surface area contributed by atoms with Gasteiger partial charge in [-0.1, -0.05) is 30.3 Å². The van der Waals surface area contributed by atoms with E-state index in [0.29, 0.717) is 11.4 Å². The number of hydrazine groups is 1. The number of hydrogen-bond donors (Lipinski definition) is 3. The lowest BCUT2D eigenvalue weighted by Gasteiger charge is -2.31. The first-order valence-electron chi connectivity index (χ1n) is 9.27. The average molecular weight is 393 g/mol.